The van der Waals surface area contributed by atoms with Crippen molar-refractivity contribution in [2.24, 2.45) is 0 Å². The maximum atomic E-state index is 15.0. The van der Waals surface area contributed by atoms with Gasteiger partial charge in [0.1, 0.15) is 11.6 Å². The summed E-state index contributed by atoms with van der Waals surface area (Å²) in [6.07, 6.45) is 2.45. The lowest BCUT2D eigenvalue weighted by molar-refractivity contribution is 0.506. The summed E-state index contributed by atoms with van der Waals surface area (Å²) in [4.78, 5) is 0. The highest BCUT2D eigenvalue weighted by Gasteiger charge is 2.25. The third-order valence-corrected chi connectivity index (χ3v) is 5.75. The molecule has 30 heavy (non-hydrogen) atoms. The van der Waals surface area contributed by atoms with Crippen molar-refractivity contribution >= 4 is 0 Å². The van der Waals surface area contributed by atoms with Crippen LogP contribution in [0, 0.1) is 35.1 Å². The van der Waals surface area contributed by atoms with Crippen LogP contribution in [-0.4, -0.2) is 0 Å². The van der Waals surface area contributed by atoms with E-state index in [0.717, 1.165) is 23.6 Å². The molecule has 0 fully saturated rings. The third-order valence-electron chi connectivity index (χ3n) is 5.75. The van der Waals surface area contributed by atoms with Crippen LogP contribution in [0.2, 0.25) is 0 Å². The Bertz CT molecular complexity index is 1170. The van der Waals surface area contributed by atoms with Gasteiger partial charge in [-0.15, -0.1) is 0 Å². The van der Waals surface area contributed by atoms with Crippen LogP contribution >= 0.6 is 0 Å². The highest BCUT2D eigenvalue weighted by atomic mass is 19.2. The molecule has 1 atom stereocenters. The van der Waals surface area contributed by atoms with E-state index in [2.05, 4.69) is 11.8 Å². The molecule has 0 saturated heterocycles. The Morgan fingerprint density at radius 2 is 1.63 bits per heavy atom. The summed E-state index contributed by atoms with van der Waals surface area (Å²) in [5.74, 6) is 2.47. The number of aryl methyl sites for hydroxylation is 1. The fraction of sp³-hybridized carbons (Fsp3) is 0.231. The standard InChI is InChI=1S/C26H20F4/c1-2-16-6-12-21(24(28)14-16)19-11-13-22-20(15-19)10-9-18(25(22)29)8-7-17-4-3-5-23(27)26(17)30/h3-6,9-10,12,14,19H,2,11,13,15H2,1H3. The van der Waals surface area contributed by atoms with E-state index >= 15 is 0 Å². The van der Waals surface area contributed by atoms with E-state index in [-0.39, 0.29) is 22.9 Å². The number of benzene rings is 3. The minimum absolute atomic E-state index is 0.00105. The first-order chi connectivity index (χ1) is 14.5. The molecule has 152 valence electrons. The Kier molecular flexibility index (Phi) is 5.63. The van der Waals surface area contributed by atoms with E-state index < -0.39 is 17.5 Å². The topological polar surface area (TPSA) is 0 Å². The first kappa shape index (κ1) is 20.2. The highest BCUT2D eigenvalue weighted by molar-refractivity contribution is 5.48. The summed E-state index contributed by atoms with van der Waals surface area (Å²) in [6.45, 7) is 1.98. The van der Waals surface area contributed by atoms with Crippen LogP contribution in [-0.2, 0) is 19.3 Å². The van der Waals surface area contributed by atoms with Crippen LogP contribution in [0.15, 0.2) is 48.5 Å². The summed E-state index contributed by atoms with van der Waals surface area (Å²) in [5.41, 5.74) is 3.07. The molecule has 0 saturated carbocycles. The van der Waals surface area contributed by atoms with Gasteiger partial charge in [-0.1, -0.05) is 43.0 Å². The normalized spacial score (nSPS) is 15.3. The average Bonchev–Trinajstić information content (AvgIpc) is 2.75. The predicted molar refractivity (Wildman–Crippen MR) is 109 cm³/mol. The van der Waals surface area contributed by atoms with Gasteiger partial charge in [0.05, 0.1) is 11.1 Å². The Morgan fingerprint density at radius 1 is 0.867 bits per heavy atom. The van der Waals surface area contributed by atoms with Gasteiger partial charge in [-0.05, 0) is 78.1 Å². The van der Waals surface area contributed by atoms with Gasteiger partial charge in [0.15, 0.2) is 11.6 Å². The van der Waals surface area contributed by atoms with Gasteiger partial charge in [0, 0.05) is 0 Å². The fourth-order valence-electron chi connectivity index (χ4n) is 4.03. The molecule has 0 N–H and O–H groups in total. The smallest absolute Gasteiger partial charge is 0.174 e. The van der Waals surface area contributed by atoms with Crippen molar-refractivity contribution in [3.05, 3.63) is 105 Å². The molecule has 0 spiro atoms. The molecular weight excluding hydrogens is 388 g/mol. The second kappa shape index (κ2) is 8.36. The molecule has 0 nitrogen and oxygen atoms in total. The van der Waals surface area contributed by atoms with Gasteiger partial charge >= 0.3 is 0 Å². The molecule has 0 radical (unpaired) electrons. The molecule has 4 heteroatoms. The van der Waals surface area contributed by atoms with Gasteiger partial charge in [0.2, 0.25) is 0 Å². The number of halogens is 4. The Hall–Kier alpha value is -3.06. The van der Waals surface area contributed by atoms with Gasteiger partial charge < -0.3 is 0 Å². The number of hydrogen-bond acceptors (Lipinski definition) is 0. The van der Waals surface area contributed by atoms with E-state index in [1.165, 1.54) is 12.1 Å². The van der Waals surface area contributed by atoms with Crippen molar-refractivity contribution in [3.63, 3.8) is 0 Å². The highest BCUT2D eigenvalue weighted by Crippen LogP contribution is 2.36. The van der Waals surface area contributed by atoms with E-state index in [4.69, 9.17) is 0 Å². The first-order valence-corrected chi connectivity index (χ1v) is 10.0. The van der Waals surface area contributed by atoms with Crippen LogP contribution in [0.4, 0.5) is 17.6 Å². The number of fused-ring (bicyclic) bond motifs is 1. The fourth-order valence-corrected chi connectivity index (χ4v) is 4.03. The lowest BCUT2D eigenvalue weighted by Gasteiger charge is -2.26. The van der Waals surface area contributed by atoms with Crippen LogP contribution in [0.25, 0.3) is 0 Å². The molecule has 4 rings (SSSR count). The molecule has 1 aliphatic carbocycles. The minimum Gasteiger partial charge on any atom is -0.207 e. The average molecular weight is 408 g/mol. The molecule has 1 aliphatic rings. The quantitative estimate of drug-likeness (QED) is 0.336. The van der Waals surface area contributed by atoms with E-state index in [0.29, 0.717) is 30.4 Å². The SMILES string of the molecule is CCc1ccc(C2CCc3c(ccc(C#Cc4cccc(F)c4F)c3F)C2)c(F)c1. The first-order valence-electron chi connectivity index (χ1n) is 10.0. The van der Waals surface area contributed by atoms with Crippen LogP contribution in [0.3, 0.4) is 0 Å². The third kappa shape index (κ3) is 3.85. The van der Waals surface area contributed by atoms with E-state index in [1.807, 2.05) is 19.1 Å². The van der Waals surface area contributed by atoms with Crippen LogP contribution in [0.1, 0.15) is 52.6 Å². The Balaban J connectivity index is 1.61. The van der Waals surface area contributed by atoms with Crippen LogP contribution in [0.5, 0.6) is 0 Å². The number of rotatable bonds is 2. The van der Waals surface area contributed by atoms with Crippen molar-refractivity contribution in [1.29, 1.82) is 0 Å². The van der Waals surface area contributed by atoms with Crippen molar-refractivity contribution < 1.29 is 17.6 Å². The molecule has 0 aromatic heterocycles. The Morgan fingerprint density at radius 3 is 2.37 bits per heavy atom. The second-order valence-electron chi connectivity index (χ2n) is 7.57. The summed E-state index contributed by atoms with van der Waals surface area (Å²) >= 11 is 0. The second-order valence-corrected chi connectivity index (χ2v) is 7.57. The minimum atomic E-state index is -1.04. The lowest BCUT2D eigenvalue weighted by Crippen LogP contribution is -2.16. The van der Waals surface area contributed by atoms with Crippen molar-refractivity contribution in [2.75, 3.05) is 0 Å². The summed E-state index contributed by atoms with van der Waals surface area (Å²) in [6, 6.07) is 12.4. The van der Waals surface area contributed by atoms with Gasteiger partial charge in [-0.25, -0.2) is 17.6 Å². The molecule has 0 amide bonds. The van der Waals surface area contributed by atoms with Gasteiger partial charge in [0.25, 0.3) is 0 Å². The molecule has 3 aromatic carbocycles. The molecule has 0 bridgehead atoms. The summed E-state index contributed by atoms with van der Waals surface area (Å²) in [7, 11) is 0. The molecule has 1 unspecified atom stereocenters. The number of hydrogen-bond donors (Lipinski definition) is 0. The molecule has 0 heterocycles. The predicted octanol–water partition coefficient (Wildman–Crippen LogP) is 6.48. The molecule has 3 aromatic rings. The zero-order valence-electron chi connectivity index (χ0n) is 16.5. The Labute approximate surface area is 173 Å². The maximum Gasteiger partial charge on any atom is 0.174 e. The van der Waals surface area contributed by atoms with E-state index in [9.17, 15) is 17.6 Å². The molecular formula is C26H20F4. The van der Waals surface area contributed by atoms with E-state index in [1.54, 1.807) is 18.2 Å². The molecule has 0 aliphatic heterocycles. The van der Waals surface area contributed by atoms with Gasteiger partial charge in [-0.3, -0.25) is 0 Å². The largest absolute Gasteiger partial charge is 0.207 e. The van der Waals surface area contributed by atoms with Crippen molar-refractivity contribution in [1.82, 2.24) is 0 Å². The van der Waals surface area contributed by atoms with Crippen molar-refractivity contribution in [2.45, 2.75) is 38.5 Å². The summed E-state index contributed by atoms with van der Waals surface area (Å²) < 4.78 is 56.6. The monoisotopic (exact) mass is 408 g/mol. The van der Waals surface area contributed by atoms with Crippen molar-refractivity contribution in [3.8, 4) is 11.8 Å². The summed E-state index contributed by atoms with van der Waals surface area (Å²) in [5, 5.41) is 0. The lowest BCUT2D eigenvalue weighted by atomic mass is 9.79. The maximum absolute atomic E-state index is 15.0. The zero-order valence-corrected chi connectivity index (χ0v) is 16.5. The van der Waals surface area contributed by atoms with Gasteiger partial charge in [-0.2, -0.15) is 0 Å². The zero-order chi connectivity index (χ0) is 21.3. The van der Waals surface area contributed by atoms with Crippen LogP contribution < -0.4 is 0 Å².